The number of aromatic amines is 1. The molecule has 6 nitrogen and oxygen atoms in total. The summed E-state index contributed by atoms with van der Waals surface area (Å²) >= 11 is 6.01. The number of aromatic nitrogens is 4. The normalized spacial score (nSPS) is 11.5. The van der Waals surface area contributed by atoms with E-state index in [1.165, 1.54) is 0 Å². The molecule has 126 valence electrons. The third-order valence-corrected chi connectivity index (χ3v) is 4.11. The van der Waals surface area contributed by atoms with Crippen LogP contribution in [0.1, 0.15) is 11.6 Å². The maximum atomic E-state index is 6.01. The molecule has 0 aliphatic carbocycles. The minimum absolute atomic E-state index is 0.635. The van der Waals surface area contributed by atoms with E-state index < -0.39 is 0 Å². The van der Waals surface area contributed by atoms with E-state index in [2.05, 4.69) is 25.0 Å². The maximum Gasteiger partial charge on any atom is 0.151 e. The third-order valence-electron chi connectivity index (χ3n) is 3.87. The molecule has 0 atom stereocenters. The number of benzene rings is 1. The van der Waals surface area contributed by atoms with Crippen LogP contribution in [0, 0.1) is 0 Å². The SMILES string of the molecule is CN(Cc1nc2ccc(Cl)cc2[nH]1)Cc1cc(-c2ccncc2)no1. The number of fused-ring (bicyclic) bond motifs is 1. The Morgan fingerprint density at radius 3 is 2.80 bits per heavy atom. The molecule has 4 aromatic rings. The fourth-order valence-electron chi connectivity index (χ4n) is 2.73. The second-order valence-electron chi connectivity index (χ2n) is 5.93. The van der Waals surface area contributed by atoms with E-state index in [0.717, 1.165) is 33.9 Å². The Morgan fingerprint density at radius 2 is 1.96 bits per heavy atom. The summed E-state index contributed by atoms with van der Waals surface area (Å²) in [7, 11) is 2.01. The molecule has 0 fully saturated rings. The summed E-state index contributed by atoms with van der Waals surface area (Å²) in [6.45, 7) is 1.30. The minimum atomic E-state index is 0.635. The van der Waals surface area contributed by atoms with Crippen LogP contribution in [0.5, 0.6) is 0 Å². The first-order valence-electron chi connectivity index (χ1n) is 7.86. The van der Waals surface area contributed by atoms with Crippen LogP contribution in [0.15, 0.2) is 53.3 Å². The van der Waals surface area contributed by atoms with Gasteiger partial charge in [0.1, 0.15) is 11.5 Å². The van der Waals surface area contributed by atoms with Gasteiger partial charge in [0.25, 0.3) is 0 Å². The number of pyridine rings is 1. The van der Waals surface area contributed by atoms with Crippen molar-refractivity contribution < 1.29 is 4.52 Å². The van der Waals surface area contributed by atoms with E-state index in [-0.39, 0.29) is 0 Å². The number of H-pyrrole nitrogens is 1. The predicted molar refractivity (Wildman–Crippen MR) is 96.0 cm³/mol. The highest BCUT2D eigenvalue weighted by Crippen LogP contribution is 2.20. The van der Waals surface area contributed by atoms with Gasteiger partial charge in [-0.2, -0.15) is 0 Å². The van der Waals surface area contributed by atoms with E-state index >= 15 is 0 Å². The van der Waals surface area contributed by atoms with Crippen LogP contribution < -0.4 is 0 Å². The predicted octanol–water partition coefficient (Wildman–Crippen LogP) is 3.90. The van der Waals surface area contributed by atoms with Crippen molar-refractivity contribution in [1.29, 1.82) is 0 Å². The Hall–Kier alpha value is -2.70. The molecule has 0 bridgehead atoms. The molecule has 0 saturated carbocycles. The molecular formula is C18H16ClN5O. The fraction of sp³-hybridized carbons (Fsp3) is 0.167. The molecule has 0 spiro atoms. The van der Waals surface area contributed by atoms with Gasteiger partial charge in [-0.1, -0.05) is 16.8 Å². The van der Waals surface area contributed by atoms with E-state index in [9.17, 15) is 0 Å². The lowest BCUT2D eigenvalue weighted by Crippen LogP contribution is -2.17. The molecule has 25 heavy (non-hydrogen) atoms. The van der Waals surface area contributed by atoms with Crippen molar-refractivity contribution >= 4 is 22.6 Å². The van der Waals surface area contributed by atoms with Crippen LogP contribution in [0.25, 0.3) is 22.3 Å². The quantitative estimate of drug-likeness (QED) is 0.589. The molecule has 0 amide bonds. The molecule has 0 unspecified atom stereocenters. The molecule has 0 saturated heterocycles. The number of rotatable bonds is 5. The van der Waals surface area contributed by atoms with E-state index in [0.29, 0.717) is 18.1 Å². The highest BCUT2D eigenvalue weighted by atomic mass is 35.5. The molecule has 1 N–H and O–H groups in total. The van der Waals surface area contributed by atoms with Crippen LogP contribution in [0.4, 0.5) is 0 Å². The maximum absolute atomic E-state index is 6.01. The number of hydrogen-bond acceptors (Lipinski definition) is 5. The van der Waals surface area contributed by atoms with Crippen molar-refractivity contribution in [3.8, 4) is 11.3 Å². The number of hydrogen-bond donors (Lipinski definition) is 1. The molecular weight excluding hydrogens is 338 g/mol. The Balaban J connectivity index is 1.45. The third kappa shape index (κ3) is 3.55. The smallest absolute Gasteiger partial charge is 0.151 e. The Morgan fingerprint density at radius 1 is 1.12 bits per heavy atom. The zero-order valence-electron chi connectivity index (χ0n) is 13.6. The molecule has 0 aliphatic rings. The lowest BCUT2D eigenvalue weighted by atomic mass is 10.2. The zero-order valence-corrected chi connectivity index (χ0v) is 14.4. The molecule has 3 heterocycles. The second kappa shape index (κ2) is 6.66. The number of imidazole rings is 1. The standard InChI is InChI=1S/C18H16ClN5O/c1-24(11-18-21-15-3-2-13(19)8-17(15)22-18)10-14-9-16(23-25-14)12-4-6-20-7-5-12/h2-9H,10-11H2,1H3,(H,21,22). The largest absolute Gasteiger partial charge is 0.359 e. The van der Waals surface area contributed by atoms with E-state index in [1.54, 1.807) is 12.4 Å². The summed E-state index contributed by atoms with van der Waals surface area (Å²) in [4.78, 5) is 14.0. The van der Waals surface area contributed by atoms with Crippen LogP contribution in [-0.4, -0.2) is 32.1 Å². The van der Waals surface area contributed by atoms with Gasteiger partial charge in [-0.05, 0) is 37.4 Å². The molecule has 1 aromatic carbocycles. The fourth-order valence-corrected chi connectivity index (χ4v) is 2.91. The van der Waals surface area contributed by atoms with Crippen molar-refractivity contribution in [1.82, 2.24) is 25.0 Å². The van der Waals surface area contributed by atoms with Gasteiger partial charge in [0, 0.05) is 29.0 Å². The first-order valence-corrected chi connectivity index (χ1v) is 8.24. The molecule has 4 rings (SSSR count). The van der Waals surface area contributed by atoms with Gasteiger partial charge in [0.2, 0.25) is 0 Å². The van der Waals surface area contributed by atoms with Gasteiger partial charge in [0.15, 0.2) is 5.76 Å². The van der Waals surface area contributed by atoms with Crippen LogP contribution in [0.3, 0.4) is 0 Å². The van der Waals surface area contributed by atoms with Crippen LogP contribution >= 0.6 is 11.6 Å². The first kappa shape index (κ1) is 15.8. The number of halogens is 1. The van der Waals surface area contributed by atoms with Crippen molar-refractivity contribution in [3.63, 3.8) is 0 Å². The summed E-state index contributed by atoms with van der Waals surface area (Å²) < 4.78 is 5.44. The van der Waals surface area contributed by atoms with E-state index in [4.69, 9.17) is 16.1 Å². The number of nitrogens with zero attached hydrogens (tertiary/aromatic N) is 4. The Labute approximate surface area is 149 Å². The van der Waals surface area contributed by atoms with Gasteiger partial charge in [-0.25, -0.2) is 4.98 Å². The average Bonchev–Trinajstić information content (AvgIpc) is 3.21. The first-order chi connectivity index (χ1) is 12.2. The highest BCUT2D eigenvalue weighted by Gasteiger charge is 2.11. The lowest BCUT2D eigenvalue weighted by molar-refractivity contribution is 0.263. The van der Waals surface area contributed by atoms with Gasteiger partial charge in [0.05, 0.1) is 24.1 Å². The molecule has 0 radical (unpaired) electrons. The van der Waals surface area contributed by atoms with E-state index in [1.807, 2.05) is 43.4 Å². The van der Waals surface area contributed by atoms with Gasteiger partial charge in [-0.15, -0.1) is 0 Å². The summed E-state index contributed by atoms with van der Waals surface area (Å²) in [5.41, 5.74) is 3.65. The van der Waals surface area contributed by atoms with Crippen molar-refractivity contribution in [2.75, 3.05) is 7.05 Å². The Kier molecular flexibility index (Phi) is 4.21. The second-order valence-corrected chi connectivity index (χ2v) is 6.37. The van der Waals surface area contributed by atoms with Gasteiger partial charge in [-0.3, -0.25) is 9.88 Å². The summed E-state index contributed by atoms with van der Waals surface area (Å²) in [6.07, 6.45) is 3.48. The minimum Gasteiger partial charge on any atom is -0.359 e. The van der Waals surface area contributed by atoms with Gasteiger partial charge >= 0.3 is 0 Å². The molecule has 0 aliphatic heterocycles. The molecule has 7 heteroatoms. The van der Waals surface area contributed by atoms with Crippen molar-refractivity contribution in [2.45, 2.75) is 13.1 Å². The van der Waals surface area contributed by atoms with Crippen molar-refractivity contribution in [2.24, 2.45) is 0 Å². The summed E-state index contributed by atoms with van der Waals surface area (Å²) in [6, 6.07) is 11.4. The van der Waals surface area contributed by atoms with Crippen molar-refractivity contribution in [3.05, 3.63) is 65.4 Å². The average molecular weight is 354 g/mol. The Bertz CT molecular complexity index is 995. The van der Waals surface area contributed by atoms with Crippen LogP contribution in [-0.2, 0) is 13.1 Å². The summed E-state index contributed by atoms with van der Waals surface area (Å²) in [5.74, 6) is 1.68. The highest BCUT2D eigenvalue weighted by molar-refractivity contribution is 6.31. The topological polar surface area (TPSA) is 70.8 Å². The molecule has 3 aromatic heterocycles. The van der Waals surface area contributed by atoms with Gasteiger partial charge < -0.3 is 9.51 Å². The lowest BCUT2D eigenvalue weighted by Gasteiger charge is -2.12. The summed E-state index contributed by atoms with van der Waals surface area (Å²) in [5, 5.41) is 4.82. The monoisotopic (exact) mass is 353 g/mol. The number of nitrogens with one attached hydrogen (secondary N) is 1. The van der Waals surface area contributed by atoms with Crippen LogP contribution in [0.2, 0.25) is 5.02 Å². The zero-order chi connectivity index (χ0) is 17.2.